The van der Waals surface area contributed by atoms with E-state index in [0.29, 0.717) is 0 Å². The third kappa shape index (κ3) is 4.85. The number of rotatable bonds is 5. The molecule has 0 heterocycles. The minimum absolute atomic E-state index is 0.756. The van der Waals surface area contributed by atoms with E-state index >= 15 is 0 Å². The van der Waals surface area contributed by atoms with E-state index in [0.717, 1.165) is 16.0 Å². The molecular formula is C23H21BrClN. The van der Waals surface area contributed by atoms with Crippen molar-refractivity contribution in [2.75, 3.05) is 20.6 Å². The molecule has 26 heavy (non-hydrogen) atoms. The maximum absolute atomic E-state index is 6.06. The molecule has 0 bridgehead atoms. The van der Waals surface area contributed by atoms with Crippen LogP contribution in [0.1, 0.15) is 11.1 Å². The van der Waals surface area contributed by atoms with Crippen LogP contribution in [0.15, 0.2) is 83.3 Å². The van der Waals surface area contributed by atoms with Gasteiger partial charge in [-0.25, -0.2) is 0 Å². The smallest absolute Gasteiger partial charge is 0.0406 e. The van der Waals surface area contributed by atoms with Gasteiger partial charge in [-0.1, -0.05) is 82.1 Å². The van der Waals surface area contributed by atoms with Gasteiger partial charge in [0.2, 0.25) is 0 Å². The van der Waals surface area contributed by atoms with Crippen molar-refractivity contribution in [3.8, 4) is 11.1 Å². The van der Waals surface area contributed by atoms with Gasteiger partial charge in [0.05, 0.1) is 0 Å². The number of benzene rings is 3. The molecule has 3 heteroatoms. The van der Waals surface area contributed by atoms with Crippen LogP contribution in [0.3, 0.4) is 0 Å². The van der Waals surface area contributed by atoms with E-state index in [2.05, 4.69) is 102 Å². The molecule has 0 aromatic heterocycles. The van der Waals surface area contributed by atoms with E-state index in [1.807, 2.05) is 12.1 Å². The second-order valence-electron chi connectivity index (χ2n) is 6.47. The Morgan fingerprint density at radius 2 is 1.27 bits per heavy atom. The molecule has 0 saturated carbocycles. The molecule has 0 unspecified atom stereocenters. The molecule has 0 atom stereocenters. The molecule has 3 rings (SSSR count). The lowest BCUT2D eigenvalue weighted by molar-refractivity contribution is 0.457. The van der Waals surface area contributed by atoms with Gasteiger partial charge < -0.3 is 4.90 Å². The third-order valence-corrected chi connectivity index (χ3v) is 4.97. The van der Waals surface area contributed by atoms with Crippen molar-refractivity contribution < 1.29 is 0 Å². The maximum atomic E-state index is 6.06. The second kappa shape index (κ2) is 8.68. The summed E-state index contributed by atoms with van der Waals surface area (Å²) in [5.41, 5.74) is 6.02. The predicted molar refractivity (Wildman–Crippen MR) is 117 cm³/mol. The van der Waals surface area contributed by atoms with Gasteiger partial charge >= 0.3 is 0 Å². The Kier molecular flexibility index (Phi) is 6.31. The molecule has 0 N–H and O–H groups in total. The van der Waals surface area contributed by atoms with Gasteiger partial charge in [0, 0.05) is 16.0 Å². The van der Waals surface area contributed by atoms with Crippen molar-refractivity contribution in [3.05, 3.63) is 99.5 Å². The first kappa shape index (κ1) is 18.9. The predicted octanol–water partition coefficient (Wildman–Crippen LogP) is 6.76. The molecule has 132 valence electrons. The number of hydrogen-bond donors (Lipinski definition) is 0. The summed E-state index contributed by atoms with van der Waals surface area (Å²) in [6.07, 6.45) is 2.26. The standard InChI is InChI=1S/C23H21BrClN/c1-26(2)16-15-23(20-9-13-22(25)14-10-20)19-5-3-17(4-6-19)18-7-11-21(24)12-8-18/h3-15H,16H2,1-2H3/b23-15-. The topological polar surface area (TPSA) is 3.24 Å². The lowest BCUT2D eigenvalue weighted by Gasteiger charge is -2.13. The molecule has 0 saturated heterocycles. The summed E-state index contributed by atoms with van der Waals surface area (Å²) < 4.78 is 1.09. The Bertz CT molecular complexity index is 879. The highest BCUT2D eigenvalue weighted by atomic mass is 79.9. The normalized spacial score (nSPS) is 11.8. The lowest BCUT2D eigenvalue weighted by Crippen LogP contribution is -2.11. The van der Waals surface area contributed by atoms with Crippen LogP contribution in [0.25, 0.3) is 16.7 Å². The van der Waals surface area contributed by atoms with Crippen molar-refractivity contribution in [3.63, 3.8) is 0 Å². The molecule has 0 aliphatic heterocycles. The highest BCUT2D eigenvalue weighted by molar-refractivity contribution is 9.10. The van der Waals surface area contributed by atoms with Crippen molar-refractivity contribution in [1.29, 1.82) is 0 Å². The van der Waals surface area contributed by atoms with Crippen LogP contribution < -0.4 is 0 Å². The summed E-state index contributed by atoms with van der Waals surface area (Å²) in [6.45, 7) is 0.881. The van der Waals surface area contributed by atoms with Crippen LogP contribution in [0.5, 0.6) is 0 Å². The molecule has 3 aromatic carbocycles. The first-order valence-corrected chi connectivity index (χ1v) is 9.67. The van der Waals surface area contributed by atoms with Crippen molar-refractivity contribution in [2.45, 2.75) is 0 Å². The summed E-state index contributed by atoms with van der Waals surface area (Å²) in [5, 5.41) is 0.756. The Morgan fingerprint density at radius 1 is 0.808 bits per heavy atom. The molecule has 0 radical (unpaired) electrons. The minimum Gasteiger partial charge on any atom is -0.306 e. The Labute approximate surface area is 169 Å². The van der Waals surface area contributed by atoms with Crippen LogP contribution in [0.4, 0.5) is 0 Å². The first-order chi connectivity index (χ1) is 12.5. The molecule has 0 aliphatic carbocycles. The molecule has 0 amide bonds. The van der Waals surface area contributed by atoms with Gasteiger partial charge in [-0.3, -0.25) is 0 Å². The largest absolute Gasteiger partial charge is 0.306 e. The van der Waals surface area contributed by atoms with Crippen LogP contribution >= 0.6 is 27.5 Å². The molecule has 1 nitrogen and oxygen atoms in total. The molecule has 3 aromatic rings. The molecule has 0 fully saturated rings. The van der Waals surface area contributed by atoms with E-state index in [4.69, 9.17) is 11.6 Å². The third-order valence-electron chi connectivity index (χ3n) is 4.19. The van der Waals surface area contributed by atoms with Gasteiger partial charge in [0.15, 0.2) is 0 Å². The number of hydrogen-bond acceptors (Lipinski definition) is 1. The average Bonchev–Trinajstić information content (AvgIpc) is 2.64. The van der Waals surface area contributed by atoms with Crippen molar-refractivity contribution in [2.24, 2.45) is 0 Å². The molecular weight excluding hydrogens is 406 g/mol. The van der Waals surface area contributed by atoms with Gasteiger partial charge in [0.1, 0.15) is 0 Å². The molecule has 0 aliphatic rings. The van der Waals surface area contributed by atoms with E-state index in [1.165, 1.54) is 27.8 Å². The number of nitrogens with zero attached hydrogens (tertiary/aromatic N) is 1. The quantitative estimate of drug-likeness (QED) is 0.435. The van der Waals surface area contributed by atoms with Crippen LogP contribution in [-0.4, -0.2) is 25.5 Å². The van der Waals surface area contributed by atoms with E-state index in [-0.39, 0.29) is 0 Å². The van der Waals surface area contributed by atoms with Gasteiger partial charge in [-0.15, -0.1) is 0 Å². The van der Waals surface area contributed by atoms with E-state index < -0.39 is 0 Å². The average molecular weight is 427 g/mol. The summed E-state index contributed by atoms with van der Waals surface area (Å²) in [7, 11) is 4.15. The zero-order valence-corrected chi connectivity index (χ0v) is 17.3. The van der Waals surface area contributed by atoms with Gasteiger partial charge in [-0.2, -0.15) is 0 Å². The summed E-state index contributed by atoms with van der Waals surface area (Å²) in [6, 6.07) is 25.2. The Balaban J connectivity index is 1.94. The second-order valence-corrected chi connectivity index (χ2v) is 7.82. The fourth-order valence-electron chi connectivity index (χ4n) is 2.79. The fraction of sp³-hybridized carbons (Fsp3) is 0.130. The van der Waals surface area contributed by atoms with Crippen LogP contribution in [0.2, 0.25) is 5.02 Å². The summed E-state index contributed by atoms with van der Waals surface area (Å²) >= 11 is 9.55. The fourth-order valence-corrected chi connectivity index (χ4v) is 3.18. The van der Waals surface area contributed by atoms with Crippen molar-refractivity contribution >= 4 is 33.1 Å². The Hall–Kier alpha value is -1.87. The monoisotopic (exact) mass is 425 g/mol. The first-order valence-electron chi connectivity index (χ1n) is 8.50. The number of likely N-dealkylation sites (N-methyl/N-ethyl adjacent to an activating group) is 1. The minimum atomic E-state index is 0.756. The highest BCUT2D eigenvalue weighted by Gasteiger charge is 2.07. The van der Waals surface area contributed by atoms with Gasteiger partial charge in [0.25, 0.3) is 0 Å². The highest BCUT2D eigenvalue weighted by Crippen LogP contribution is 2.28. The lowest BCUT2D eigenvalue weighted by atomic mass is 9.95. The van der Waals surface area contributed by atoms with Crippen LogP contribution in [0, 0.1) is 0 Å². The zero-order chi connectivity index (χ0) is 18.5. The van der Waals surface area contributed by atoms with Crippen molar-refractivity contribution in [1.82, 2.24) is 4.90 Å². The van der Waals surface area contributed by atoms with Gasteiger partial charge in [-0.05, 0) is 66.2 Å². The summed E-state index contributed by atoms with van der Waals surface area (Å²) in [4.78, 5) is 2.16. The SMILES string of the molecule is CN(C)C/C=C(\c1ccc(Cl)cc1)c1ccc(-c2ccc(Br)cc2)cc1. The van der Waals surface area contributed by atoms with E-state index in [9.17, 15) is 0 Å². The number of halogens is 2. The molecule has 0 spiro atoms. The van der Waals surface area contributed by atoms with Crippen LogP contribution in [-0.2, 0) is 0 Å². The zero-order valence-electron chi connectivity index (χ0n) is 14.9. The van der Waals surface area contributed by atoms with E-state index in [1.54, 1.807) is 0 Å². The summed E-state index contributed by atoms with van der Waals surface area (Å²) in [5.74, 6) is 0. The Morgan fingerprint density at radius 3 is 1.77 bits per heavy atom. The maximum Gasteiger partial charge on any atom is 0.0406 e.